The summed E-state index contributed by atoms with van der Waals surface area (Å²) in [5.41, 5.74) is -0.667. The Balaban J connectivity index is 2.25. The molecule has 2 aliphatic rings. The zero-order chi connectivity index (χ0) is 15.1. The highest BCUT2D eigenvalue weighted by Crippen LogP contribution is 2.42. The van der Waals surface area contributed by atoms with Crippen molar-refractivity contribution in [1.29, 1.82) is 0 Å². The summed E-state index contributed by atoms with van der Waals surface area (Å²) in [7, 11) is 0. The smallest absolute Gasteiger partial charge is 0.249 e. The van der Waals surface area contributed by atoms with Gasteiger partial charge < -0.3 is 10.2 Å². The second-order valence-corrected chi connectivity index (χ2v) is 7.46. The molecule has 0 spiro atoms. The molecular weight excluding hydrogens is 252 g/mol. The number of nitrogens with one attached hydrogen (secondary N) is 1. The van der Waals surface area contributed by atoms with E-state index < -0.39 is 5.54 Å². The highest BCUT2D eigenvalue weighted by Gasteiger charge is 2.55. The molecule has 4 nitrogen and oxygen atoms in total. The molecule has 2 amide bonds. The first-order valence-corrected chi connectivity index (χ1v) is 7.88. The van der Waals surface area contributed by atoms with Gasteiger partial charge in [-0.15, -0.1) is 0 Å². The van der Waals surface area contributed by atoms with Gasteiger partial charge in [0.05, 0.1) is 0 Å². The van der Waals surface area contributed by atoms with E-state index in [-0.39, 0.29) is 17.9 Å². The molecule has 20 heavy (non-hydrogen) atoms. The van der Waals surface area contributed by atoms with E-state index in [1.807, 2.05) is 11.8 Å². The number of rotatable bonds is 5. The number of piperazine rings is 1. The number of amides is 2. The summed E-state index contributed by atoms with van der Waals surface area (Å²) in [5.74, 6) is 1.27. The number of hydrogen-bond donors (Lipinski definition) is 1. The molecule has 1 aliphatic carbocycles. The van der Waals surface area contributed by atoms with Crippen molar-refractivity contribution in [3.05, 3.63) is 0 Å². The van der Waals surface area contributed by atoms with Crippen LogP contribution in [-0.4, -0.2) is 34.8 Å². The van der Waals surface area contributed by atoms with Crippen molar-refractivity contribution in [2.24, 2.45) is 17.8 Å². The average Bonchev–Trinajstić information content (AvgIpc) is 3.14. The maximum Gasteiger partial charge on any atom is 0.249 e. The molecule has 1 aliphatic heterocycles. The quantitative estimate of drug-likeness (QED) is 0.839. The van der Waals surface area contributed by atoms with E-state index in [4.69, 9.17) is 0 Å². The topological polar surface area (TPSA) is 49.4 Å². The minimum Gasteiger partial charge on any atom is -0.340 e. The third-order valence-electron chi connectivity index (χ3n) is 4.42. The van der Waals surface area contributed by atoms with Crippen molar-refractivity contribution in [2.45, 2.75) is 65.5 Å². The van der Waals surface area contributed by atoms with Crippen molar-refractivity contribution in [3.8, 4) is 0 Å². The zero-order valence-electron chi connectivity index (χ0n) is 13.4. The molecule has 0 aromatic heterocycles. The number of carbonyl (C=O) groups excluding carboxylic acids is 2. The molecule has 0 aromatic carbocycles. The van der Waals surface area contributed by atoms with Crippen LogP contribution in [0.25, 0.3) is 0 Å². The van der Waals surface area contributed by atoms with E-state index in [9.17, 15) is 9.59 Å². The summed E-state index contributed by atoms with van der Waals surface area (Å²) >= 11 is 0. The van der Waals surface area contributed by atoms with Gasteiger partial charge in [-0.2, -0.15) is 0 Å². The minimum atomic E-state index is -0.667. The van der Waals surface area contributed by atoms with Crippen LogP contribution < -0.4 is 5.32 Å². The van der Waals surface area contributed by atoms with Gasteiger partial charge in [-0.1, -0.05) is 27.7 Å². The molecule has 2 fully saturated rings. The standard InChI is InChI=1S/C16H28N2O2/c1-10(2)8-13-14(19)17-16(5,12-6-7-12)15(20)18(13)9-11(3)4/h10-13H,6-9H2,1-5H3,(H,17,19). The summed E-state index contributed by atoms with van der Waals surface area (Å²) in [5, 5.41) is 3.03. The molecule has 2 unspecified atom stereocenters. The largest absolute Gasteiger partial charge is 0.340 e. The van der Waals surface area contributed by atoms with Crippen LogP contribution in [0.5, 0.6) is 0 Å². The van der Waals surface area contributed by atoms with Crippen LogP contribution in [0.3, 0.4) is 0 Å². The van der Waals surface area contributed by atoms with Gasteiger partial charge in [0.2, 0.25) is 11.8 Å². The molecule has 1 saturated heterocycles. The molecule has 2 atom stereocenters. The Bertz CT molecular complexity index is 401. The maximum atomic E-state index is 12.9. The Morgan fingerprint density at radius 2 is 1.80 bits per heavy atom. The van der Waals surface area contributed by atoms with Crippen LogP contribution in [0.1, 0.15) is 53.9 Å². The second-order valence-electron chi connectivity index (χ2n) is 7.46. The lowest BCUT2D eigenvalue weighted by molar-refractivity contribution is -0.156. The van der Waals surface area contributed by atoms with E-state index in [1.165, 1.54) is 0 Å². The highest BCUT2D eigenvalue weighted by molar-refractivity contribution is 6.00. The molecule has 0 bridgehead atoms. The van der Waals surface area contributed by atoms with Crippen LogP contribution in [-0.2, 0) is 9.59 Å². The molecule has 114 valence electrons. The van der Waals surface area contributed by atoms with Gasteiger partial charge in [0.15, 0.2) is 0 Å². The van der Waals surface area contributed by atoms with Crippen molar-refractivity contribution in [1.82, 2.24) is 10.2 Å². The predicted octanol–water partition coefficient (Wildman–Crippen LogP) is 2.18. The highest BCUT2D eigenvalue weighted by atomic mass is 16.2. The monoisotopic (exact) mass is 280 g/mol. The fourth-order valence-electron chi connectivity index (χ4n) is 3.20. The number of nitrogens with zero attached hydrogens (tertiary/aromatic N) is 1. The summed E-state index contributed by atoms with van der Waals surface area (Å²) in [6.07, 6.45) is 2.84. The Morgan fingerprint density at radius 3 is 2.25 bits per heavy atom. The van der Waals surface area contributed by atoms with Gasteiger partial charge in [-0.05, 0) is 43.9 Å². The summed E-state index contributed by atoms with van der Waals surface area (Å²) in [4.78, 5) is 27.3. The first kappa shape index (κ1) is 15.3. The van der Waals surface area contributed by atoms with Gasteiger partial charge >= 0.3 is 0 Å². The normalized spacial score (nSPS) is 31.1. The first-order valence-electron chi connectivity index (χ1n) is 7.88. The fourth-order valence-corrected chi connectivity index (χ4v) is 3.20. The van der Waals surface area contributed by atoms with Gasteiger partial charge in [-0.3, -0.25) is 9.59 Å². The zero-order valence-corrected chi connectivity index (χ0v) is 13.4. The average molecular weight is 280 g/mol. The van der Waals surface area contributed by atoms with Gasteiger partial charge in [-0.25, -0.2) is 0 Å². The third-order valence-corrected chi connectivity index (χ3v) is 4.42. The van der Waals surface area contributed by atoms with E-state index in [1.54, 1.807) is 0 Å². The van der Waals surface area contributed by atoms with Crippen LogP contribution in [0.2, 0.25) is 0 Å². The molecule has 1 saturated carbocycles. The summed E-state index contributed by atoms with van der Waals surface area (Å²) < 4.78 is 0. The molecule has 0 aromatic rings. The SMILES string of the molecule is CC(C)CC1C(=O)NC(C)(C2CC2)C(=O)N1CC(C)C. The van der Waals surface area contributed by atoms with Gasteiger partial charge in [0, 0.05) is 6.54 Å². The van der Waals surface area contributed by atoms with Crippen LogP contribution >= 0.6 is 0 Å². The predicted molar refractivity (Wildman–Crippen MR) is 79.1 cm³/mol. The Hall–Kier alpha value is -1.06. The lowest BCUT2D eigenvalue weighted by Crippen LogP contribution is -2.70. The lowest BCUT2D eigenvalue weighted by atomic mass is 9.87. The fraction of sp³-hybridized carbons (Fsp3) is 0.875. The summed E-state index contributed by atoms with van der Waals surface area (Å²) in [6.45, 7) is 11.0. The molecular formula is C16H28N2O2. The van der Waals surface area contributed by atoms with Gasteiger partial charge in [0.1, 0.15) is 11.6 Å². The Labute approximate surface area is 122 Å². The molecule has 0 radical (unpaired) electrons. The van der Waals surface area contributed by atoms with Crippen molar-refractivity contribution < 1.29 is 9.59 Å². The number of carbonyl (C=O) groups is 2. The third kappa shape index (κ3) is 2.84. The summed E-state index contributed by atoms with van der Waals surface area (Å²) in [6, 6.07) is -0.295. The lowest BCUT2D eigenvalue weighted by Gasteiger charge is -2.45. The van der Waals surface area contributed by atoms with E-state index in [2.05, 4.69) is 33.0 Å². The van der Waals surface area contributed by atoms with Crippen LogP contribution in [0.15, 0.2) is 0 Å². The Kier molecular flexibility index (Phi) is 4.12. The van der Waals surface area contributed by atoms with E-state index >= 15 is 0 Å². The van der Waals surface area contributed by atoms with E-state index in [0.29, 0.717) is 24.3 Å². The Morgan fingerprint density at radius 1 is 1.20 bits per heavy atom. The maximum absolute atomic E-state index is 12.9. The molecule has 4 heteroatoms. The first-order chi connectivity index (χ1) is 9.25. The van der Waals surface area contributed by atoms with Crippen molar-refractivity contribution >= 4 is 11.8 Å². The molecule has 1 N–H and O–H groups in total. The van der Waals surface area contributed by atoms with E-state index in [0.717, 1.165) is 19.3 Å². The molecule has 2 rings (SSSR count). The number of hydrogen-bond acceptors (Lipinski definition) is 2. The van der Waals surface area contributed by atoms with Crippen LogP contribution in [0, 0.1) is 17.8 Å². The second kappa shape index (κ2) is 5.38. The van der Waals surface area contributed by atoms with Crippen molar-refractivity contribution in [2.75, 3.05) is 6.54 Å². The van der Waals surface area contributed by atoms with Gasteiger partial charge in [0.25, 0.3) is 0 Å². The van der Waals surface area contributed by atoms with Crippen molar-refractivity contribution in [3.63, 3.8) is 0 Å². The molecule has 1 heterocycles. The van der Waals surface area contributed by atoms with Crippen LogP contribution in [0.4, 0.5) is 0 Å². The minimum absolute atomic E-state index is 0.0355.